The van der Waals surface area contributed by atoms with Crippen molar-refractivity contribution in [2.24, 2.45) is 5.73 Å². The average molecular weight is 276 g/mol. The molecule has 1 aliphatic heterocycles. The summed E-state index contributed by atoms with van der Waals surface area (Å²) in [4.78, 5) is 0. The maximum Gasteiger partial charge on any atom is 0.150 e. The Morgan fingerprint density at radius 2 is 2.06 bits per heavy atom. The predicted octanol–water partition coefficient (Wildman–Crippen LogP) is 0.0748. The third-order valence-corrected chi connectivity index (χ3v) is 4.92. The van der Waals surface area contributed by atoms with Crippen LogP contribution >= 0.6 is 0 Å². The van der Waals surface area contributed by atoms with Crippen LogP contribution in [0.4, 0.5) is 0 Å². The molecule has 0 radical (unpaired) electrons. The molecule has 0 saturated carbocycles. The van der Waals surface area contributed by atoms with E-state index in [1.165, 1.54) is 0 Å². The van der Waals surface area contributed by atoms with E-state index in [2.05, 4.69) is 11.9 Å². The van der Waals surface area contributed by atoms with Gasteiger partial charge >= 0.3 is 0 Å². The molecule has 1 fully saturated rings. The molecule has 0 aromatic heterocycles. The molecule has 1 heterocycles. The van der Waals surface area contributed by atoms with E-state index in [-0.39, 0.29) is 17.0 Å². The summed E-state index contributed by atoms with van der Waals surface area (Å²) in [6.45, 7) is 7.97. The molecule has 5 nitrogen and oxygen atoms in total. The first kappa shape index (κ1) is 15.6. The Labute approximate surface area is 110 Å². The van der Waals surface area contributed by atoms with Crippen molar-refractivity contribution in [2.75, 3.05) is 37.8 Å². The fraction of sp³-hybridized carbons (Fsp3) is 0.833. The summed E-state index contributed by atoms with van der Waals surface area (Å²) in [6.07, 6.45) is 1.18. The van der Waals surface area contributed by atoms with Gasteiger partial charge in [-0.3, -0.25) is 0 Å². The van der Waals surface area contributed by atoms with Gasteiger partial charge in [-0.2, -0.15) is 0 Å². The van der Waals surface area contributed by atoms with Crippen molar-refractivity contribution >= 4 is 9.84 Å². The molecule has 18 heavy (non-hydrogen) atoms. The number of hydrogen-bond donors (Lipinski definition) is 2. The third-order valence-electron chi connectivity index (χ3n) is 3.27. The molecule has 1 aliphatic rings. The highest BCUT2D eigenvalue weighted by Crippen LogP contribution is 2.22. The first-order chi connectivity index (χ1) is 8.39. The Kier molecular flexibility index (Phi) is 5.78. The lowest BCUT2D eigenvalue weighted by atomic mass is 9.92. The lowest BCUT2D eigenvalue weighted by molar-refractivity contribution is 0.146. The molecule has 0 bridgehead atoms. The van der Waals surface area contributed by atoms with Crippen molar-refractivity contribution in [3.8, 4) is 0 Å². The van der Waals surface area contributed by atoms with Gasteiger partial charge in [0.15, 0.2) is 0 Å². The van der Waals surface area contributed by atoms with Crippen LogP contribution in [0.25, 0.3) is 0 Å². The SMILES string of the molecule is C=C(C)COCCNC1(CN)CCS(=O)(=O)CC1. The summed E-state index contributed by atoms with van der Waals surface area (Å²) < 4.78 is 28.2. The number of sulfone groups is 1. The Hall–Kier alpha value is -0.430. The molecule has 0 amide bonds. The van der Waals surface area contributed by atoms with Crippen LogP contribution < -0.4 is 11.1 Å². The van der Waals surface area contributed by atoms with Gasteiger partial charge in [-0.15, -0.1) is 0 Å². The molecular weight excluding hydrogens is 252 g/mol. The predicted molar refractivity (Wildman–Crippen MR) is 73.3 cm³/mol. The van der Waals surface area contributed by atoms with Gasteiger partial charge in [-0.05, 0) is 19.8 Å². The normalized spacial score (nSPS) is 21.7. The average Bonchev–Trinajstić information content (AvgIpc) is 2.31. The topological polar surface area (TPSA) is 81.4 Å². The highest BCUT2D eigenvalue weighted by Gasteiger charge is 2.35. The van der Waals surface area contributed by atoms with Gasteiger partial charge in [0.25, 0.3) is 0 Å². The van der Waals surface area contributed by atoms with Gasteiger partial charge in [0.1, 0.15) is 9.84 Å². The minimum atomic E-state index is -2.85. The second-order valence-corrected chi connectivity index (χ2v) is 7.38. The van der Waals surface area contributed by atoms with Crippen molar-refractivity contribution in [1.29, 1.82) is 0 Å². The number of ether oxygens (including phenoxy) is 1. The van der Waals surface area contributed by atoms with Gasteiger partial charge in [0.05, 0.1) is 24.7 Å². The van der Waals surface area contributed by atoms with Gasteiger partial charge in [0.2, 0.25) is 0 Å². The van der Waals surface area contributed by atoms with Crippen LogP contribution in [0.15, 0.2) is 12.2 Å². The Balaban J connectivity index is 2.31. The van der Waals surface area contributed by atoms with Gasteiger partial charge in [0, 0.05) is 18.6 Å². The van der Waals surface area contributed by atoms with Crippen LogP contribution in [0.3, 0.4) is 0 Å². The first-order valence-corrected chi connectivity index (χ1v) is 8.09. The standard InChI is InChI=1S/C12H24N2O3S/c1-11(2)9-17-6-5-14-12(10-13)3-7-18(15,16)8-4-12/h14H,1,3-10,13H2,2H3. The quantitative estimate of drug-likeness (QED) is 0.508. The summed E-state index contributed by atoms with van der Waals surface area (Å²) in [7, 11) is -2.85. The van der Waals surface area contributed by atoms with E-state index in [9.17, 15) is 8.42 Å². The Morgan fingerprint density at radius 3 is 2.56 bits per heavy atom. The van der Waals surface area contributed by atoms with E-state index < -0.39 is 9.84 Å². The molecule has 0 spiro atoms. The molecule has 1 rings (SSSR count). The molecule has 6 heteroatoms. The minimum absolute atomic E-state index is 0.226. The molecule has 0 unspecified atom stereocenters. The number of nitrogens with one attached hydrogen (secondary N) is 1. The van der Waals surface area contributed by atoms with Crippen molar-refractivity contribution in [2.45, 2.75) is 25.3 Å². The monoisotopic (exact) mass is 276 g/mol. The summed E-state index contributed by atoms with van der Waals surface area (Å²) in [6, 6.07) is 0. The molecule has 0 aliphatic carbocycles. The second-order valence-electron chi connectivity index (χ2n) is 5.07. The van der Waals surface area contributed by atoms with Crippen molar-refractivity contribution in [1.82, 2.24) is 5.32 Å². The summed E-state index contributed by atoms with van der Waals surface area (Å²) in [5.74, 6) is 0.452. The van der Waals surface area contributed by atoms with E-state index in [0.717, 1.165) is 5.57 Å². The van der Waals surface area contributed by atoms with Gasteiger partial charge in [-0.25, -0.2) is 8.42 Å². The molecule has 3 N–H and O–H groups in total. The fourth-order valence-corrected chi connectivity index (χ4v) is 3.62. The number of rotatable bonds is 7. The van der Waals surface area contributed by atoms with Crippen LogP contribution in [0, 0.1) is 0 Å². The van der Waals surface area contributed by atoms with Crippen molar-refractivity contribution in [3.63, 3.8) is 0 Å². The van der Waals surface area contributed by atoms with Crippen LogP contribution in [0.2, 0.25) is 0 Å². The minimum Gasteiger partial charge on any atom is -0.376 e. The Morgan fingerprint density at radius 1 is 1.44 bits per heavy atom. The maximum atomic E-state index is 11.4. The molecular formula is C12H24N2O3S. The van der Waals surface area contributed by atoms with E-state index in [0.29, 0.717) is 39.1 Å². The molecule has 1 saturated heterocycles. The number of hydrogen-bond acceptors (Lipinski definition) is 5. The smallest absolute Gasteiger partial charge is 0.150 e. The lowest BCUT2D eigenvalue weighted by Crippen LogP contribution is -2.56. The largest absolute Gasteiger partial charge is 0.376 e. The second kappa shape index (κ2) is 6.65. The Bertz CT molecular complexity index is 365. The number of nitrogens with two attached hydrogens (primary N) is 1. The summed E-state index contributed by atoms with van der Waals surface area (Å²) >= 11 is 0. The summed E-state index contributed by atoms with van der Waals surface area (Å²) in [5.41, 5.74) is 6.53. The van der Waals surface area contributed by atoms with Gasteiger partial charge in [-0.1, -0.05) is 12.2 Å². The van der Waals surface area contributed by atoms with E-state index in [1.54, 1.807) is 0 Å². The van der Waals surface area contributed by atoms with Crippen molar-refractivity contribution in [3.05, 3.63) is 12.2 Å². The highest BCUT2D eigenvalue weighted by atomic mass is 32.2. The zero-order valence-corrected chi connectivity index (χ0v) is 11.9. The molecule has 0 atom stereocenters. The lowest BCUT2D eigenvalue weighted by Gasteiger charge is -2.37. The van der Waals surface area contributed by atoms with Crippen LogP contribution in [0.1, 0.15) is 19.8 Å². The molecule has 0 aromatic carbocycles. The first-order valence-electron chi connectivity index (χ1n) is 6.27. The summed E-state index contributed by atoms with van der Waals surface area (Å²) in [5, 5.41) is 3.35. The third kappa shape index (κ3) is 5.06. The zero-order valence-electron chi connectivity index (χ0n) is 11.1. The van der Waals surface area contributed by atoms with E-state index in [4.69, 9.17) is 10.5 Å². The van der Waals surface area contributed by atoms with Crippen LogP contribution in [-0.2, 0) is 14.6 Å². The maximum absolute atomic E-state index is 11.4. The van der Waals surface area contributed by atoms with E-state index >= 15 is 0 Å². The highest BCUT2D eigenvalue weighted by molar-refractivity contribution is 7.91. The fourth-order valence-electron chi connectivity index (χ4n) is 2.02. The zero-order chi connectivity index (χ0) is 13.6. The molecule has 106 valence electrons. The van der Waals surface area contributed by atoms with Crippen LogP contribution in [0.5, 0.6) is 0 Å². The molecule has 0 aromatic rings. The van der Waals surface area contributed by atoms with E-state index in [1.807, 2.05) is 6.92 Å². The van der Waals surface area contributed by atoms with Crippen LogP contribution in [-0.4, -0.2) is 51.8 Å². The van der Waals surface area contributed by atoms with Crippen molar-refractivity contribution < 1.29 is 13.2 Å². The van der Waals surface area contributed by atoms with Gasteiger partial charge < -0.3 is 15.8 Å².